The van der Waals surface area contributed by atoms with Gasteiger partial charge in [0, 0.05) is 24.5 Å². The highest BCUT2D eigenvalue weighted by Gasteiger charge is 2.20. The first-order valence-corrected chi connectivity index (χ1v) is 9.66. The SMILES string of the molecule is Cc1ccc(C(C)NC(=O)/C(C#N)=C/c2cc(C)n(CC3CCCO3)c2C)o1. The molecule has 1 aliphatic heterocycles. The summed E-state index contributed by atoms with van der Waals surface area (Å²) >= 11 is 0. The summed E-state index contributed by atoms with van der Waals surface area (Å²) in [5, 5.41) is 12.3. The quantitative estimate of drug-likeness (QED) is 0.606. The lowest BCUT2D eigenvalue weighted by atomic mass is 10.1. The molecule has 1 aliphatic rings. The van der Waals surface area contributed by atoms with Crippen molar-refractivity contribution in [1.82, 2.24) is 9.88 Å². The van der Waals surface area contributed by atoms with E-state index in [9.17, 15) is 10.1 Å². The number of nitriles is 1. The number of nitrogens with zero attached hydrogens (tertiary/aromatic N) is 2. The summed E-state index contributed by atoms with van der Waals surface area (Å²) < 4.78 is 13.5. The third kappa shape index (κ3) is 4.37. The normalized spacial score (nSPS) is 18.1. The van der Waals surface area contributed by atoms with Gasteiger partial charge in [-0.05, 0) is 70.4 Å². The van der Waals surface area contributed by atoms with Crippen LogP contribution in [0.15, 0.2) is 28.2 Å². The molecule has 2 atom stereocenters. The van der Waals surface area contributed by atoms with Crippen LogP contribution in [0.1, 0.15) is 54.3 Å². The fraction of sp³-hybridized carbons (Fsp3) is 0.455. The summed E-state index contributed by atoms with van der Waals surface area (Å²) in [6.45, 7) is 9.35. The van der Waals surface area contributed by atoms with Gasteiger partial charge in [-0.1, -0.05) is 0 Å². The number of amides is 1. The van der Waals surface area contributed by atoms with Gasteiger partial charge in [-0.25, -0.2) is 0 Å². The molecule has 0 radical (unpaired) electrons. The van der Waals surface area contributed by atoms with Crippen molar-refractivity contribution in [2.75, 3.05) is 6.61 Å². The van der Waals surface area contributed by atoms with Crippen LogP contribution < -0.4 is 5.32 Å². The lowest BCUT2D eigenvalue weighted by molar-refractivity contribution is -0.117. The fourth-order valence-corrected chi connectivity index (χ4v) is 3.58. The minimum atomic E-state index is -0.409. The monoisotopic (exact) mass is 381 g/mol. The molecule has 28 heavy (non-hydrogen) atoms. The molecule has 2 unspecified atom stereocenters. The lowest BCUT2D eigenvalue weighted by Crippen LogP contribution is -2.27. The average Bonchev–Trinajstić information content (AvgIpc) is 3.38. The molecule has 2 aromatic rings. The predicted octanol–water partition coefficient (Wildman–Crippen LogP) is 3.97. The molecular formula is C22H27N3O3. The van der Waals surface area contributed by atoms with E-state index >= 15 is 0 Å². The Kier molecular flexibility index (Phi) is 6.05. The number of carbonyl (C=O) groups excluding carboxylic acids is 1. The fourth-order valence-electron chi connectivity index (χ4n) is 3.58. The van der Waals surface area contributed by atoms with Crippen LogP contribution in [0.25, 0.3) is 6.08 Å². The van der Waals surface area contributed by atoms with Gasteiger partial charge >= 0.3 is 0 Å². The molecule has 2 aromatic heterocycles. The highest BCUT2D eigenvalue weighted by Crippen LogP contribution is 2.22. The van der Waals surface area contributed by atoms with E-state index in [0.717, 1.165) is 48.7 Å². The molecule has 0 saturated carbocycles. The van der Waals surface area contributed by atoms with Gasteiger partial charge in [0.2, 0.25) is 0 Å². The number of aromatic nitrogens is 1. The maximum atomic E-state index is 12.6. The smallest absolute Gasteiger partial charge is 0.262 e. The van der Waals surface area contributed by atoms with Crippen molar-refractivity contribution in [3.63, 3.8) is 0 Å². The van der Waals surface area contributed by atoms with Crippen LogP contribution in [0.3, 0.4) is 0 Å². The van der Waals surface area contributed by atoms with Gasteiger partial charge < -0.3 is 19.0 Å². The van der Waals surface area contributed by atoms with Crippen LogP contribution in [0.4, 0.5) is 0 Å². The second kappa shape index (κ2) is 8.49. The van der Waals surface area contributed by atoms with Crippen LogP contribution >= 0.6 is 0 Å². The molecule has 1 fully saturated rings. The Morgan fingerprint density at radius 3 is 2.82 bits per heavy atom. The zero-order chi connectivity index (χ0) is 20.3. The molecule has 6 heteroatoms. The number of hydrogen-bond donors (Lipinski definition) is 1. The molecule has 1 N–H and O–H groups in total. The van der Waals surface area contributed by atoms with Gasteiger partial charge in [-0.3, -0.25) is 4.79 Å². The van der Waals surface area contributed by atoms with Crippen molar-refractivity contribution < 1.29 is 13.9 Å². The number of hydrogen-bond acceptors (Lipinski definition) is 4. The van der Waals surface area contributed by atoms with Crippen LogP contribution in [0.5, 0.6) is 0 Å². The summed E-state index contributed by atoms with van der Waals surface area (Å²) in [5.74, 6) is 1.04. The van der Waals surface area contributed by atoms with Crippen LogP contribution in [-0.4, -0.2) is 23.2 Å². The Labute approximate surface area is 165 Å². The Hall–Kier alpha value is -2.78. The Balaban J connectivity index is 1.76. The van der Waals surface area contributed by atoms with Crippen molar-refractivity contribution in [1.29, 1.82) is 5.26 Å². The summed E-state index contributed by atoms with van der Waals surface area (Å²) in [6.07, 6.45) is 4.06. The van der Waals surface area contributed by atoms with Gasteiger partial charge in [-0.2, -0.15) is 5.26 Å². The third-order valence-electron chi connectivity index (χ3n) is 5.22. The molecule has 0 bridgehead atoms. The van der Waals surface area contributed by atoms with Crippen molar-refractivity contribution >= 4 is 12.0 Å². The molecule has 0 spiro atoms. The third-order valence-corrected chi connectivity index (χ3v) is 5.22. The number of ether oxygens (including phenoxy) is 1. The second-order valence-electron chi connectivity index (χ2n) is 7.39. The maximum absolute atomic E-state index is 12.6. The molecule has 148 valence electrons. The van der Waals surface area contributed by atoms with Crippen LogP contribution in [0.2, 0.25) is 0 Å². The lowest BCUT2D eigenvalue weighted by Gasteiger charge is -2.14. The predicted molar refractivity (Wildman–Crippen MR) is 106 cm³/mol. The van der Waals surface area contributed by atoms with Crippen LogP contribution in [-0.2, 0) is 16.1 Å². The molecular weight excluding hydrogens is 354 g/mol. The van der Waals surface area contributed by atoms with Crippen molar-refractivity contribution in [2.45, 2.75) is 59.2 Å². The minimum Gasteiger partial charge on any atom is -0.464 e. The first-order valence-electron chi connectivity index (χ1n) is 9.66. The zero-order valence-corrected chi connectivity index (χ0v) is 16.9. The molecule has 0 aromatic carbocycles. The molecule has 3 heterocycles. The molecule has 6 nitrogen and oxygen atoms in total. The highest BCUT2D eigenvalue weighted by molar-refractivity contribution is 6.02. The Morgan fingerprint density at radius 2 is 2.21 bits per heavy atom. The van der Waals surface area contributed by atoms with Crippen LogP contribution in [0, 0.1) is 32.1 Å². The molecule has 0 aliphatic carbocycles. The van der Waals surface area contributed by atoms with E-state index < -0.39 is 5.91 Å². The Morgan fingerprint density at radius 1 is 1.43 bits per heavy atom. The number of nitrogens with one attached hydrogen (secondary N) is 1. The summed E-state index contributed by atoms with van der Waals surface area (Å²) in [6, 6.07) is 7.40. The van der Waals surface area contributed by atoms with E-state index in [4.69, 9.17) is 9.15 Å². The van der Waals surface area contributed by atoms with E-state index in [0.29, 0.717) is 5.76 Å². The summed E-state index contributed by atoms with van der Waals surface area (Å²) in [4.78, 5) is 12.6. The minimum absolute atomic E-state index is 0.0764. The molecule has 1 amide bonds. The largest absolute Gasteiger partial charge is 0.464 e. The molecule has 3 rings (SSSR count). The van der Waals surface area contributed by atoms with E-state index in [2.05, 4.69) is 9.88 Å². The van der Waals surface area contributed by atoms with Gasteiger partial charge in [-0.15, -0.1) is 0 Å². The number of rotatable bonds is 6. The zero-order valence-electron chi connectivity index (χ0n) is 16.9. The topological polar surface area (TPSA) is 80.2 Å². The van der Waals surface area contributed by atoms with Gasteiger partial charge in [0.15, 0.2) is 0 Å². The summed E-state index contributed by atoms with van der Waals surface area (Å²) in [5.41, 5.74) is 3.08. The molecule has 1 saturated heterocycles. The first-order chi connectivity index (χ1) is 13.4. The summed E-state index contributed by atoms with van der Waals surface area (Å²) in [7, 11) is 0. The first kappa shape index (κ1) is 20.0. The van der Waals surface area contributed by atoms with Gasteiger partial charge in [0.05, 0.1) is 12.1 Å². The highest BCUT2D eigenvalue weighted by atomic mass is 16.5. The van der Waals surface area contributed by atoms with Gasteiger partial charge in [0.25, 0.3) is 5.91 Å². The Bertz CT molecular complexity index is 923. The number of furan rings is 1. The van der Waals surface area contributed by atoms with E-state index in [1.807, 2.05) is 52.0 Å². The van der Waals surface area contributed by atoms with Crippen molar-refractivity contribution in [2.24, 2.45) is 0 Å². The van der Waals surface area contributed by atoms with Crippen molar-refractivity contribution in [3.05, 3.63) is 52.2 Å². The second-order valence-corrected chi connectivity index (χ2v) is 7.39. The maximum Gasteiger partial charge on any atom is 0.262 e. The van der Waals surface area contributed by atoms with Gasteiger partial charge in [0.1, 0.15) is 23.2 Å². The van der Waals surface area contributed by atoms with E-state index in [1.54, 1.807) is 6.08 Å². The standard InChI is InChI=1S/C22H27N3O3/c1-14-10-18(17(4)25(14)13-20-6-5-9-27-20)11-19(12-23)22(26)24-16(3)21-8-7-15(2)28-21/h7-8,10-11,16,20H,5-6,9,13H2,1-4H3,(H,24,26)/b19-11+. The van der Waals surface area contributed by atoms with E-state index in [-0.39, 0.29) is 17.7 Å². The number of carbonyl (C=O) groups is 1. The average molecular weight is 381 g/mol. The number of aryl methyl sites for hydroxylation is 2. The van der Waals surface area contributed by atoms with Crippen molar-refractivity contribution in [3.8, 4) is 6.07 Å². The van der Waals surface area contributed by atoms with E-state index in [1.165, 1.54) is 0 Å².